The van der Waals surface area contributed by atoms with E-state index in [9.17, 15) is 5.26 Å². The summed E-state index contributed by atoms with van der Waals surface area (Å²) in [5.41, 5.74) is 7.27. The van der Waals surface area contributed by atoms with Gasteiger partial charge in [-0.05, 0) is 49.1 Å². The highest BCUT2D eigenvalue weighted by Gasteiger charge is 2.10. The molecular weight excluding hydrogens is 338 g/mol. The molecule has 0 fully saturated rings. The van der Waals surface area contributed by atoms with Gasteiger partial charge in [-0.1, -0.05) is 37.3 Å². The highest BCUT2D eigenvalue weighted by atomic mass is 32.1. The molecule has 0 aliphatic rings. The van der Waals surface area contributed by atoms with E-state index in [0.29, 0.717) is 5.57 Å². The Balaban J connectivity index is 1.86. The lowest BCUT2D eigenvalue weighted by Gasteiger charge is -2.07. The Morgan fingerprint density at radius 1 is 1.19 bits per heavy atom. The second-order valence-electron chi connectivity index (χ2n) is 6.16. The minimum atomic E-state index is 0.538. The number of hydrogen-bond donors (Lipinski definition) is 1. The lowest BCUT2D eigenvalue weighted by Crippen LogP contribution is -1.95. The lowest BCUT2D eigenvalue weighted by atomic mass is 10.1. The Morgan fingerprint density at radius 2 is 2.00 bits per heavy atom. The van der Waals surface area contributed by atoms with Crippen molar-refractivity contribution in [1.29, 1.82) is 5.26 Å². The average Bonchev–Trinajstić information content (AvgIpc) is 3.15. The van der Waals surface area contributed by atoms with Gasteiger partial charge in [0.25, 0.3) is 0 Å². The van der Waals surface area contributed by atoms with E-state index in [4.69, 9.17) is 0 Å². The first-order valence-electron chi connectivity index (χ1n) is 8.60. The van der Waals surface area contributed by atoms with E-state index in [1.54, 1.807) is 6.20 Å². The van der Waals surface area contributed by atoms with Crippen LogP contribution < -0.4 is 5.32 Å². The molecule has 0 radical (unpaired) electrons. The van der Waals surface area contributed by atoms with Crippen LogP contribution in [0.5, 0.6) is 0 Å². The van der Waals surface area contributed by atoms with Crippen LogP contribution in [0.15, 0.2) is 54.0 Å². The van der Waals surface area contributed by atoms with Crippen molar-refractivity contribution in [3.05, 3.63) is 75.7 Å². The summed E-state index contributed by atoms with van der Waals surface area (Å²) in [5, 5.41) is 15.5. The maximum atomic E-state index is 9.55. The van der Waals surface area contributed by atoms with Gasteiger partial charge in [0, 0.05) is 22.8 Å². The monoisotopic (exact) mass is 359 g/mol. The predicted octanol–water partition coefficient (Wildman–Crippen LogP) is 5.97. The first kappa shape index (κ1) is 17.9. The molecule has 0 atom stereocenters. The molecule has 4 heteroatoms. The van der Waals surface area contributed by atoms with Gasteiger partial charge >= 0.3 is 0 Å². The molecule has 0 amide bonds. The molecule has 0 unspecified atom stereocenters. The molecule has 1 N–H and O–H groups in total. The highest BCUT2D eigenvalue weighted by Crippen LogP contribution is 2.27. The third-order valence-corrected chi connectivity index (χ3v) is 5.30. The van der Waals surface area contributed by atoms with Crippen LogP contribution >= 0.6 is 11.3 Å². The molecule has 26 heavy (non-hydrogen) atoms. The molecule has 0 spiro atoms. The van der Waals surface area contributed by atoms with Gasteiger partial charge in [0.15, 0.2) is 0 Å². The van der Waals surface area contributed by atoms with Crippen molar-refractivity contribution in [2.24, 2.45) is 0 Å². The van der Waals surface area contributed by atoms with Gasteiger partial charge in [-0.3, -0.25) is 0 Å². The third-order valence-electron chi connectivity index (χ3n) is 4.43. The fourth-order valence-electron chi connectivity index (χ4n) is 2.69. The van der Waals surface area contributed by atoms with E-state index >= 15 is 0 Å². The summed E-state index contributed by atoms with van der Waals surface area (Å²) in [6.07, 6.45) is 2.69. The molecule has 0 bridgehead atoms. The van der Waals surface area contributed by atoms with E-state index in [2.05, 4.69) is 61.4 Å². The quantitative estimate of drug-likeness (QED) is 0.571. The molecule has 2 aromatic carbocycles. The zero-order valence-electron chi connectivity index (χ0n) is 15.2. The molecule has 0 aliphatic heterocycles. The second kappa shape index (κ2) is 7.99. The number of aryl methyl sites for hydroxylation is 3. The van der Waals surface area contributed by atoms with Crippen molar-refractivity contribution >= 4 is 22.6 Å². The minimum Gasteiger partial charge on any atom is -0.360 e. The fraction of sp³-hybridized carbons (Fsp3) is 0.182. The molecule has 1 aromatic heterocycles. The Morgan fingerprint density at radius 3 is 2.73 bits per heavy atom. The SMILES string of the molecule is CCc1ccccc1N/C=C(\C#N)c1nc(-c2ccc(C)c(C)c2)cs1. The van der Waals surface area contributed by atoms with E-state index in [1.165, 1.54) is 28.0 Å². The fourth-order valence-corrected chi connectivity index (χ4v) is 3.49. The Bertz CT molecular complexity index is 993. The van der Waals surface area contributed by atoms with E-state index in [1.807, 2.05) is 23.6 Å². The molecule has 1 heterocycles. The van der Waals surface area contributed by atoms with Crippen LogP contribution in [0.2, 0.25) is 0 Å². The molecule has 0 aliphatic carbocycles. The van der Waals surface area contributed by atoms with E-state index in [0.717, 1.165) is 28.4 Å². The number of allylic oxidation sites excluding steroid dienone is 1. The molecular formula is C22H21N3S. The Kier molecular flexibility index (Phi) is 5.50. The van der Waals surface area contributed by atoms with Crippen LogP contribution in [0, 0.1) is 25.2 Å². The van der Waals surface area contributed by atoms with Crippen molar-refractivity contribution in [2.45, 2.75) is 27.2 Å². The van der Waals surface area contributed by atoms with Gasteiger partial charge in [0.1, 0.15) is 16.6 Å². The van der Waals surface area contributed by atoms with Crippen LogP contribution in [0.1, 0.15) is 28.6 Å². The van der Waals surface area contributed by atoms with Gasteiger partial charge in [-0.25, -0.2) is 4.98 Å². The number of aromatic nitrogens is 1. The molecule has 0 saturated heterocycles. The number of thiazole rings is 1. The number of para-hydroxylation sites is 1. The summed E-state index contributed by atoms with van der Waals surface area (Å²) in [6.45, 7) is 6.32. The number of nitrogens with zero attached hydrogens (tertiary/aromatic N) is 2. The van der Waals surface area contributed by atoms with Crippen LogP contribution in [-0.4, -0.2) is 4.98 Å². The summed E-state index contributed by atoms with van der Waals surface area (Å²) >= 11 is 1.49. The van der Waals surface area contributed by atoms with Gasteiger partial charge in [-0.15, -0.1) is 11.3 Å². The zero-order valence-corrected chi connectivity index (χ0v) is 16.0. The van der Waals surface area contributed by atoms with Crippen LogP contribution in [-0.2, 0) is 6.42 Å². The number of benzene rings is 2. The molecule has 130 valence electrons. The molecule has 0 saturated carbocycles. The normalized spacial score (nSPS) is 11.2. The third kappa shape index (κ3) is 3.84. The van der Waals surface area contributed by atoms with E-state index in [-0.39, 0.29) is 0 Å². The summed E-state index contributed by atoms with van der Waals surface area (Å²) in [5.74, 6) is 0. The van der Waals surface area contributed by atoms with Gasteiger partial charge < -0.3 is 5.32 Å². The number of hydrogen-bond acceptors (Lipinski definition) is 4. The zero-order chi connectivity index (χ0) is 18.5. The topological polar surface area (TPSA) is 48.7 Å². The largest absolute Gasteiger partial charge is 0.360 e. The smallest absolute Gasteiger partial charge is 0.136 e. The molecule has 3 nitrogen and oxygen atoms in total. The van der Waals surface area contributed by atoms with Crippen molar-refractivity contribution in [1.82, 2.24) is 4.98 Å². The van der Waals surface area contributed by atoms with Crippen molar-refractivity contribution < 1.29 is 0 Å². The van der Waals surface area contributed by atoms with Crippen LogP contribution in [0.25, 0.3) is 16.8 Å². The van der Waals surface area contributed by atoms with Gasteiger partial charge in [-0.2, -0.15) is 5.26 Å². The summed E-state index contributed by atoms with van der Waals surface area (Å²) in [7, 11) is 0. The maximum absolute atomic E-state index is 9.55. The minimum absolute atomic E-state index is 0.538. The average molecular weight is 359 g/mol. The summed E-state index contributed by atoms with van der Waals surface area (Å²) in [6, 6.07) is 16.7. The van der Waals surface area contributed by atoms with Crippen molar-refractivity contribution in [3.63, 3.8) is 0 Å². The second-order valence-corrected chi connectivity index (χ2v) is 7.02. The van der Waals surface area contributed by atoms with Crippen LogP contribution in [0.4, 0.5) is 5.69 Å². The number of nitrogens with one attached hydrogen (secondary N) is 1. The highest BCUT2D eigenvalue weighted by molar-refractivity contribution is 7.11. The van der Waals surface area contributed by atoms with E-state index < -0.39 is 0 Å². The van der Waals surface area contributed by atoms with Crippen molar-refractivity contribution in [2.75, 3.05) is 5.32 Å². The Hall–Kier alpha value is -2.90. The van der Waals surface area contributed by atoms with Gasteiger partial charge in [0.05, 0.1) is 5.69 Å². The standard InChI is InChI=1S/C22H21N3S/c1-4-17-7-5-6-8-20(17)24-13-19(12-23)22-25-21(14-26-22)18-10-9-15(2)16(3)11-18/h5-11,13-14,24H,4H2,1-3H3/b19-13+. The Labute approximate surface area is 158 Å². The number of rotatable bonds is 5. The number of anilines is 1. The van der Waals surface area contributed by atoms with Crippen molar-refractivity contribution in [3.8, 4) is 17.3 Å². The first-order chi connectivity index (χ1) is 12.6. The predicted molar refractivity (Wildman–Crippen MR) is 110 cm³/mol. The molecule has 3 aromatic rings. The first-order valence-corrected chi connectivity index (χ1v) is 9.48. The van der Waals surface area contributed by atoms with Crippen LogP contribution in [0.3, 0.4) is 0 Å². The maximum Gasteiger partial charge on any atom is 0.136 e. The lowest BCUT2D eigenvalue weighted by molar-refractivity contribution is 1.14. The summed E-state index contributed by atoms with van der Waals surface area (Å²) < 4.78 is 0. The van der Waals surface area contributed by atoms with Gasteiger partial charge in [0.2, 0.25) is 0 Å². The molecule has 3 rings (SSSR count). The summed E-state index contributed by atoms with van der Waals surface area (Å²) in [4.78, 5) is 4.67. The number of nitriles is 1.